The number of hydrogen-bond acceptors (Lipinski definition) is 4. The molecule has 1 N–H and O–H groups in total. The zero-order chi connectivity index (χ0) is 21.6. The van der Waals surface area contributed by atoms with Crippen molar-refractivity contribution in [1.82, 2.24) is 20.3 Å². The summed E-state index contributed by atoms with van der Waals surface area (Å²) in [6, 6.07) is 23.3. The van der Waals surface area contributed by atoms with E-state index in [0.29, 0.717) is 24.5 Å². The molecule has 0 aliphatic rings. The fourth-order valence-corrected chi connectivity index (χ4v) is 3.07. The fraction of sp³-hybridized carbons (Fsp3) is 0.125. The number of nitrogens with one attached hydrogen (secondary N) is 1. The quantitative estimate of drug-likeness (QED) is 0.490. The van der Waals surface area contributed by atoms with E-state index in [1.807, 2.05) is 54.6 Å². The molecule has 1 aromatic heterocycles. The highest BCUT2D eigenvalue weighted by Crippen LogP contribution is 2.14. The summed E-state index contributed by atoms with van der Waals surface area (Å²) in [6.45, 7) is 2.59. The Bertz CT molecular complexity index is 1160. The first-order chi connectivity index (χ1) is 15.1. The lowest BCUT2D eigenvalue weighted by Crippen LogP contribution is -2.24. The highest BCUT2D eigenvalue weighted by molar-refractivity contribution is 5.93. The van der Waals surface area contributed by atoms with Gasteiger partial charge in [0.25, 0.3) is 5.91 Å². The number of amides is 1. The van der Waals surface area contributed by atoms with Crippen molar-refractivity contribution in [1.29, 1.82) is 0 Å². The Labute approximate surface area is 179 Å². The van der Waals surface area contributed by atoms with Gasteiger partial charge >= 0.3 is 0 Å². The summed E-state index contributed by atoms with van der Waals surface area (Å²) in [7, 11) is 0. The van der Waals surface area contributed by atoms with E-state index in [-0.39, 0.29) is 17.4 Å². The minimum Gasteiger partial charge on any atom is -0.489 e. The number of carbonyl (C=O) groups excluding carboxylic acids is 1. The van der Waals surface area contributed by atoms with E-state index >= 15 is 0 Å². The van der Waals surface area contributed by atoms with Crippen LogP contribution in [0.3, 0.4) is 0 Å². The van der Waals surface area contributed by atoms with Gasteiger partial charge in [-0.1, -0.05) is 47.7 Å². The van der Waals surface area contributed by atoms with Gasteiger partial charge in [-0.05, 0) is 54.4 Å². The molecule has 0 aliphatic heterocycles. The van der Waals surface area contributed by atoms with Gasteiger partial charge in [-0.25, -0.2) is 9.07 Å². The Morgan fingerprint density at radius 1 is 0.968 bits per heavy atom. The smallest absolute Gasteiger partial charge is 0.274 e. The molecular weight excluding hydrogens is 395 g/mol. The Morgan fingerprint density at radius 2 is 1.65 bits per heavy atom. The highest BCUT2D eigenvalue weighted by atomic mass is 19.1. The monoisotopic (exact) mass is 416 g/mol. The molecule has 0 atom stereocenters. The molecule has 6 nitrogen and oxygen atoms in total. The van der Waals surface area contributed by atoms with Crippen molar-refractivity contribution in [2.24, 2.45) is 0 Å². The lowest BCUT2D eigenvalue weighted by atomic mass is 10.1. The van der Waals surface area contributed by atoms with Crippen molar-refractivity contribution in [3.05, 3.63) is 107 Å². The minimum absolute atomic E-state index is 0.234. The van der Waals surface area contributed by atoms with Crippen molar-refractivity contribution in [2.75, 3.05) is 0 Å². The van der Waals surface area contributed by atoms with E-state index in [1.165, 1.54) is 16.8 Å². The number of carbonyl (C=O) groups is 1. The normalized spacial score (nSPS) is 10.6. The predicted octanol–water partition coefficient (Wildman–Crippen LogP) is 4.22. The van der Waals surface area contributed by atoms with Crippen molar-refractivity contribution in [3.8, 4) is 11.4 Å². The molecule has 0 unspecified atom stereocenters. The maximum atomic E-state index is 13.1. The van der Waals surface area contributed by atoms with Crippen LogP contribution in [0.4, 0.5) is 4.39 Å². The van der Waals surface area contributed by atoms with Gasteiger partial charge in [0, 0.05) is 6.54 Å². The van der Waals surface area contributed by atoms with Gasteiger partial charge in [0.1, 0.15) is 18.2 Å². The van der Waals surface area contributed by atoms with Gasteiger partial charge in [-0.2, -0.15) is 0 Å². The molecule has 0 aliphatic carbocycles. The summed E-state index contributed by atoms with van der Waals surface area (Å²) in [5.74, 6) is 0.169. The van der Waals surface area contributed by atoms with E-state index < -0.39 is 0 Å². The third kappa shape index (κ3) is 4.95. The molecule has 3 aromatic carbocycles. The number of aromatic nitrogens is 3. The predicted molar refractivity (Wildman–Crippen MR) is 114 cm³/mol. The van der Waals surface area contributed by atoms with Crippen molar-refractivity contribution in [3.63, 3.8) is 0 Å². The molecule has 31 heavy (non-hydrogen) atoms. The average molecular weight is 416 g/mol. The Hall–Kier alpha value is -4.00. The van der Waals surface area contributed by atoms with Gasteiger partial charge in [0.2, 0.25) is 0 Å². The number of rotatable bonds is 7. The maximum absolute atomic E-state index is 13.1. The van der Waals surface area contributed by atoms with Crippen molar-refractivity contribution in [2.45, 2.75) is 20.1 Å². The van der Waals surface area contributed by atoms with Crippen molar-refractivity contribution < 1.29 is 13.9 Å². The number of nitrogens with zero attached hydrogens (tertiary/aromatic N) is 3. The molecule has 1 amide bonds. The molecule has 0 saturated carbocycles. The third-order valence-corrected chi connectivity index (χ3v) is 4.81. The minimum atomic E-state index is -0.336. The number of para-hydroxylation sites is 1. The van der Waals surface area contributed by atoms with Gasteiger partial charge in [0.15, 0.2) is 5.69 Å². The third-order valence-electron chi connectivity index (χ3n) is 4.81. The summed E-state index contributed by atoms with van der Waals surface area (Å²) in [5, 5.41) is 10.9. The zero-order valence-corrected chi connectivity index (χ0v) is 17.0. The summed E-state index contributed by atoms with van der Waals surface area (Å²) in [4.78, 5) is 12.6. The molecule has 0 saturated heterocycles. The fourth-order valence-electron chi connectivity index (χ4n) is 3.07. The molecule has 0 radical (unpaired) electrons. The largest absolute Gasteiger partial charge is 0.489 e. The molecule has 4 rings (SSSR count). The number of benzene rings is 3. The Balaban J connectivity index is 1.34. The number of hydrogen-bond donors (Lipinski definition) is 1. The van der Waals surface area contributed by atoms with Crippen LogP contribution in [0.1, 0.15) is 27.3 Å². The van der Waals surface area contributed by atoms with E-state index in [1.54, 1.807) is 19.1 Å². The first kappa shape index (κ1) is 20.3. The molecule has 0 spiro atoms. The van der Waals surface area contributed by atoms with Crippen LogP contribution < -0.4 is 10.1 Å². The second kappa shape index (κ2) is 9.21. The van der Waals surface area contributed by atoms with Crippen LogP contribution in [0.2, 0.25) is 0 Å². The standard InChI is InChI=1S/C24H21FN4O2/c1-17-23(27-28-29(17)21-13-11-20(25)12-14-21)24(30)26-15-18-7-9-19(10-8-18)16-31-22-5-3-2-4-6-22/h2-14H,15-16H2,1H3,(H,26,30). The molecule has 4 aromatic rings. The van der Waals surface area contributed by atoms with E-state index in [4.69, 9.17) is 4.74 Å². The van der Waals surface area contributed by atoms with Crippen molar-refractivity contribution >= 4 is 5.91 Å². The molecule has 0 fully saturated rings. The van der Waals surface area contributed by atoms with Crippen LogP contribution in [-0.4, -0.2) is 20.9 Å². The zero-order valence-electron chi connectivity index (χ0n) is 17.0. The summed E-state index contributed by atoms with van der Waals surface area (Å²) >= 11 is 0. The second-order valence-corrected chi connectivity index (χ2v) is 7.01. The Morgan fingerprint density at radius 3 is 2.35 bits per heavy atom. The molecule has 0 bridgehead atoms. The highest BCUT2D eigenvalue weighted by Gasteiger charge is 2.17. The Kier molecular flexibility index (Phi) is 6.03. The average Bonchev–Trinajstić information content (AvgIpc) is 3.19. The van der Waals surface area contributed by atoms with Crippen LogP contribution in [0.25, 0.3) is 5.69 Å². The van der Waals surface area contributed by atoms with E-state index in [0.717, 1.165) is 16.9 Å². The summed E-state index contributed by atoms with van der Waals surface area (Å²) in [5.41, 5.74) is 3.45. The van der Waals surface area contributed by atoms with Gasteiger partial charge in [0.05, 0.1) is 11.4 Å². The van der Waals surface area contributed by atoms with E-state index in [2.05, 4.69) is 15.6 Å². The first-order valence-corrected chi connectivity index (χ1v) is 9.82. The lowest BCUT2D eigenvalue weighted by molar-refractivity contribution is 0.0945. The van der Waals surface area contributed by atoms with Gasteiger partial charge in [-0.15, -0.1) is 5.10 Å². The number of ether oxygens (including phenoxy) is 1. The van der Waals surface area contributed by atoms with Crippen LogP contribution in [-0.2, 0) is 13.2 Å². The van der Waals surface area contributed by atoms with Crippen LogP contribution in [0.15, 0.2) is 78.9 Å². The van der Waals surface area contributed by atoms with Crippen LogP contribution in [0, 0.1) is 12.7 Å². The second-order valence-electron chi connectivity index (χ2n) is 7.01. The molecule has 7 heteroatoms. The maximum Gasteiger partial charge on any atom is 0.274 e. The SMILES string of the molecule is Cc1c(C(=O)NCc2ccc(COc3ccccc3)cc2)nnn1-c1ccc(F)cc1. The molecule has 1 heterocycles. The summed E-state index contributed by atoms with van der Waals surface area (Å²) in [6.07, 6.45) is 0. The summed E-state index contributed by atoms with van der Waals surface area (Å²) < 4.78 is 20.4. The van der Waals surface area contributed by atoms with E-state index in [9.17, 15) is 9.18 Å². The topological polar surface area (TPSA) is 69.0 Å². The molecular formula is C24H21FN4O2. The number of halogens is 1. The van der Waals surface area contributed by atoms with Gasteiger partial charge < -0.3 is 10.1 Å². The van der Waals surface area contributed by atoms with Crippen LogP contribution in [0.5, 0.6) is 5.75 Å². The molecule has 156 valence electrons. The van der Waals surface area contributed by atoms with Gasteiger partial charge in [-0.3, -0.25) is 4.79 Å². The first-order valence-electron chi connectivity index (χ1n) is 9.82. The van der Waals surface area contributed by atoms with Crippen LogP contribution >= 0.6 is 0 Å². The lowest BCUT2D eigenvalue weighted by Gasteiger charge is -2.08.